The van der Waals surface area contributed by atoms with Crippen LogP contribution in [0, 0.1) is 28.8 Å². The van der Waals surface area contributed by atoms with Gasteiger partial charge in [-0.05, 0) is 56.3 Å². The van der Waals surface area contributed by atoms with E-state index < -0.39 is 0 Å². The highest BCUT2D eigenvalue weighted by Crippen LogP contribution is 2.56. The first kappa shape index (κ1) is 10.4. The standard InChI is InChI=1S/C10H16N3.HN2/c11-13-12-10-4-7-1-8(5-10)3-9(2-7)6-10;1-2/h7-9,11H,1-6H2;1H/q+1;-1. The van der Waals surface area contributed by atoms with Crippen molar-refractivity contribution in [3.63, 3.8) is 0 Å². The highest BCUT2D eigenvalue weighted by molar-refractivity contribution is 5.05. The SMILES string of the molecule is N=[N+]=NC12CC3CC(CC(C3)C1)C2.[N-]=N. The van der Waals surface area contributed by atoms with E-state index in [1.54, 1.807) is 0 Å². The Morgan fingerprint density at radius 2 is 1.40 bits per heavy atom. The van der Waals surface area contributed by atoms with Crippen molar-refractivity contribution >= 4 is 0 Å². The summed E-state index contributed by atoms with van der Waals surface area (Å²) in [7, 11) is 0. The van der Waals surface area contributed by atoms with Crippen molar-refractivity contribution in [3.05, 3.63) is 5.53 Å². The number of hydrogen-bond donors (Lipinski definition) is 2. The van der Waals surface area contributed by atoms with E-state index in [9.17, 15) is 0 Å². The van der Waals surface area contributed by atoms with Crippen LogP contribution in [0.2, 0.25) is 0 Å². The highest BCUT2D eigenvalue weighted by Gasteiger charge is 2.54. The summed E-state index contributed by atoms with van der Waals surface area (Å²) in [5.74, 6) is 2.74. The molecule has 0 aromatic heterocycles. The summed E-state index contributed by atoms with van der Waals surface area (Å²) >= 11 is 0. The van der Waals surface area contributed by atoms with Crippen molar-refractivity contribution in [1.82, 2.24) is 4.91 Å². The minimum absolute atomic E-state index is 0.122. The Morgan fingerprint density at radius 1 is 1.00 bits per heavy atom. The molecule has 2 N–H and O–H groups in total. The minimum atomic E-state index is 0.122. The lowest BCUT2D eigenvalue weighted by atomic mass is 9.53. The maximum Gasteiger partial charge on any atom is 0.214 e. The predicted molar refractivity (Wildman–Crippen MR) is 54.3 cm³/mol. The Hall–Kier alpha value is -1.09. The molecule has 4 bridgehead atoms. The van der Waals surface area contributed by atoms with E-state index in [-0.39, 0.29) is 5.54 Å². The van der Waals surface area contributed by atoms with E-state index >= 15 is 0 Å². The molecule has 0 aliphatic heterocycles. The zero-order chi connectivity index (χ0) is 10.9. The smallest absolute Gasteiger partial charge is 0.214 e. The van der Waals surface area contributed by atoms with Crippen molar-refractivity contribution in [3.8, 4) is 0 Å². The normalized spacial score (nSPS) is 45.2. The fourth-order valence-corrected chi connectivity index (χ4v) is 4.29. The summed E-state index contributed by atoms with van der Waals surface area (Å²) < 4.78 is 0. The molecule has 5 heteroatoms. The van der Waals surface area contributed by atoms with Gasteiger partial charge in [0.25, 0.3) is 0 Å². The van der Waals surface area contributed by atoms with Crippen LogP contribution in [0.5, 0.6) is 0 Å². The molecule has 0 unspecified atom stereocenters. The van der Waals surface area contributed by atoms with Crippen LogP contribution in [0.15, 0.2) is 5.11 Å². The van der Waals surface area contributed by atoms with Gasteiger partial charge in [-0.3, -0.25) is 0 Å². The molecule has 4 saturated carbocycles. The monoisotopic (exact) mass is 207 g/mol. The van der Waals surface area contributed by atoms with Crippen LogP contribution in [0.25, 0.3) is 5.53 Å². The summed E-state index contributed by atoms with van der Waals surface area (Å²) in [6, 6.07) is 0. The van der Waals surface area contributed by atoms with Crippen LogP contribution >= 0.6 is 0 Å². The van der Waals surface area contributed by atoms with Crippen LogP contribution in [0.1, 0.15) is 38.5 Å². The van der Waals surface area contributed by atoms with Gasteiger partial charge in [-0.25, -0.2) is 0 Å². The zero-order valence-corrected chi connectivity index (χ0v) is 8.82. The van der Waals surface area contributed by atoms with Crippen molar-refractivity contribution in [2.75, 3.05) is 0 Å². The Morgan fingerprint density at radius 3 is 1.73 bits per heavy atom. The fraction of sp³-hybridized carbons (Fsp3) is 1.00. The van der Waals surface area contributed by atoms with E-state index in [2.05, 4.69) is 10.0 Å². The zero-order valence-electron chi connectivity index (χ0n) is 8.82. The molecule has 0 saturated heterocycles. The molecule has 0 amide bonds. The van der Waals surface area contributed by atoms with Crippen molar-refractivity contribution < 1.29 is 0 Å². The van der Waals surface area contributed by atoms with Crippen molar-refractivity contribution in [1.29, 1.82) is 11.1 Å². The maximum atomic E-state index is 6.90. The molecule has 0 heterocycles. The Kier molecular flexibility index (Phi) is 2.65. The molecule has 0 radical (unpaired) electrons. The minimum Gasteiger partial charge on any atom is -0.715 e. The number of rotatable bonds is 1. The molecule has 0 atom stereocenters. The third-order valence-electron chi connectivity index (χ3n) is 4.27. The summed E-state index contributed by atoms with van der Waals surface area (Å²) in [5.41, 5.74) is 18.0. The van der Waals surface area contributed by atoms with Gasteiger partial charge in [-0.15, -0.1) is 0 Å². The number of hydrogen-bond acceptors (Lipinski definition) is 3. The summed E-state index contributed by atoms with van der Waals surface area (Å²) in [6.07, 6.45) is 7.98. The van der Waals surface area contributed by atoms with Gasteiger partial charge in [0.15, 0.2) is 0 Å². The average molecular weight is 207 g/mol. The van der Waals surface area contributed by atoms with Crippen LogP contribution < -0.4 is 4.91 Å². The Labute approximate surface area is 89.2 Å². The molecule has 4 aliphatic carbocycles. The predicted octanol–water partition coefficient (Wildman–Crippen LogP) is 3.09. The first-order valence-electron chi connectivity index (χ1n) is 5.61. The van der Waals surface area contributed by atoms with Crippen LogP contribution in [-0.2, 0) is 0 Å². The fourth-order valence-electron chi connectivity index (χ4n) is 4.29. The summed E-state index contributed by atoms with van der Waals surface area (Å²) in [5, 5.41) is 4.21. The van der Waals surface area contributed by atoms with Gasteiger partial charge < -0.3 is 11.1 Å². The van der Waals surface area contributed by atoms with Crippen molar-refractivity contribution in [2.45, 2.75) is 44.1 Å². The quantitative estimate of drug-likeness (QED) is 0.488. The molecule has 4 aliphatic rings. The molecule has 4 rings (SSSR count). The maximum absolute atomic E-state index is 6.90. The average Bonchev–Trinajstić information content (AvgIpc) is 2.18. The lowest BCUT2D eigenvalue weighted by Crippen LogP contribution is -2.49. The number of nitrogens with zero attached hydrogens (tertiary/aromatic N) is 3. The third-order valence-corrected chi connectivity index (χ3v) is 4.27. The molecule has 15 heavy (non-hydrogen) atoms. The van der Waals surface area contributed by atoms with Gasteiger partial charge in [-0.1, -0.05) is 0 Å². The lowest BCUT2D eigenvalue weighted by molar-refractivity contribution is -0.00269. The van der Waals surface area contributed by atoms with Crippen LogP contribution in [-0.4, -0.2) is 5.54 Å². The molecule has 0 spiro atoms. The molecule has 0 aromatic rings. The van der Waals surface area contributed by atoms with Crippen LogP contribution in [0.4, 0.5) is 0 Å². The molecular formula is C10H17N5. The van der Waals surface area contributed by atoms with E-state index in [1.807, 2.05) is 0 Å². The molecule has 5 nitrogen and oxygen atoms in total. The van der Waals surface area contributed by atoms with E-state index in [1.165, 1.54) is 38.5 Å². The molecule has 82 valence electrons. The Balaban J connectivity index is 0.000000404. The molecule has 4 fully saturated rings. The van der Waals surface area contributed by atoms with Crippen molar-refractivity contribution in [2.24, 2.45) is 22.9 Å². The second-order valence-corrected chi connectivity index (χ2v) is 5.34. The molecular weight excluding hydrogens is 190 g/mol. The van der Waals surface area contributed by atoms with Gasteiger partial charge in [0.2, 0.25) is 4.91 Å². The van der Waals surface area contributed by atoms with Crippen LogP contribution in [0.3, 0.4) is 0 Å². The van der Waals surface area contributed by atoms with Gasteiger partial charge in [0.1, 0.15) is 16.2 Å². The Bertz CT molecular complexity index is 259. The number of nitrogens with one attached hydrogen (secondary N) is 2. The first-order chi connectivity index (χ1) is 7.30. The molecule has 0 aromatic carbocycles. The van der Waals surface area contributed by atoms with E-state index in [0.717, 1.165) is 17.8 Å². The summed E-state index contributed by atoms with van der Waals surface area (Å²) in [6.45, 7) is 0. The second-order valence-electron chi connectivity index (χ2n) is 5.34. The highest BCUT2D eigenvalue weighted by atomic mass is 15.2. The lowest BCUT2D eigenvalue weighted by Gasteiger charge is -2.51. The van der Waals surface area contributed by atoms with Gasteiger partial charge >= 0.3 is 0 Å². The van der Waals surface area contributed by atoms with Gasteiger partial charge in [-0.2, -0.15) is 0 Å². The van der Waals surface area contributed by atoms with E-state index in [0.29, 0.717) is 0 Å². The van der Waals surface area contributed by atoms with Gasteiger partial charge in [0.05, 0.1) is 0 Å². The topological polar surface area (TPSA) is 96.5 Å². The van der Waals surface area contributed by atoms with E-state index in [4.69, 9.17) is 16.6 Å². The van der Waals surface area contributed by atoms with Gasteiger partial charge in [0, 0.05) is 0 Å². The largest absolute Gasteiger partial charge is 0.715 e. The summed E-state index contributed by atoms with van der Waals surface area (Å²) in [4.78, 5) is 3.30. The third kappa shape index (κ3) is 1.72. The first-order valence-corrected chi connectivity index (χ1v) is 5.61. The second kappa shape index (κ2) is 3.81.